The largest absolute Gasteiger partial charge is 0.366 e. The average Bonchev–Trinajstić information content (AvgIpc) is 2.68. The maximum Gasteiger partial charge on any atom is 0.250 e. The van der Waals surface area contributed by atoms with Gasteiger partial charge in [-0.1, -0.05) is 36.4 Å². The SMILES string of the molecule is CN(Cc1ccccc1)c1ncccc1CNC(=O)C1CNCCO1. The molecule has 1 aromatic heterocycles. The molecule has 0 bridgehead atoms. The van der Waals surface area contributed by atoms with Gasteiger partial charge in [0.2, 0.25) is 0 Å². The second-order valence-electron chi connectivity index (χ2n) is 6.11. The van der Waals surface area contributed by atoms with Gasteiger partial charge in [-0.2, -0.15) is 0 Å². The third-order valence-electron chi connectivity index (χ3n) is 4.16. The van der Waals surface area contributed by atoms with Crippen molar-refractivity contribution in [1.82, 2.24) is 15.6 Å². The van der Waals surface area contributed by atoms with Gasteiger partial charge in [0.1, 0.15) is 11.9 Å². The van der Waals surface area contributed by atoms with Gasteiger partial charge in [0.05, 0.1) is 6.61 Å². The van der Waals surface area contributed by atoms with Crippen LogP contribution in [0.25, 0.3) is 0 Å². The van der Waals surface area contributed by atoms with E-state index in [0.717, 1.165) is 24.5 Å². The van der Waals surface area contributed by atoms with Crippen LogP contribution in [0.5, 0.6) is 0 Å². The van der Waals surface area contributed by atoms with Crippen LogP contribution in [0.2, 0.25) is 0 Å². The zero-order valence-corrected chi connectivity index (χ0v) is 14.4. The van der Waals surface area contributed by atoms with Gasteiger partial charge < -0.3 is 20.3 Å². The third-order valence-corrected chi connectivity index (χ3v) is 4.16. The molecule has 3 rings (SSSR count). The molecule has 1 saturated heterocycles. The van der Waals surface area contributed by atoms with Crippen molar-refractivity contribution in [1.29, 1.82) is 0 Å². The van der Waals surface area contributed by atoms with E-state index in [9.17, 15) is 4.79 Å². The summed E-state index contributed by atoms with van der Waals surface area (Å²) >= 11 is 0. The van der Waals surface area contributed by atoms with Gasteiger partial charge in [0, 0.05) is 45.0 Å². The second-order valence-corrected chi connectivity index (χ2v) is 6.11. The lowest BCUT2D eigenvalue weighted by Crippen LogP contribution is -2.47. The summed E-state index contributed by atoms with van der Waals surface area (Å²) in [5.41, 5.74) is 2.20. The minimum atomic E-state index is -0.420. The lowest BCUT2D eigenvalue weighted by atomic mass is 10.2. The Balaban J connectivity index is 1.63. The van der Waals surface area contributed by atoms with Crippen molar-refractivity contribution in [2.45, 2.75) is 19.2 Å². The van der Waals surface area contributed by atoms with Crippen molar-refractivity contribution in [2.75, 3.05) is 31.6 Å². The minimum absolute atomic E-state index is 0.0901. The summed E-state index contributed by atoms with van der Waals surface area (Å²) in [5, 5.41) is 6.12. The first-order chi connectivity index (χ1) is 12.2. The fourth-order valence-corrected chi connectivity index (χ4v) is 2.87. The van der Waals surface area contributed by atoms with Crippen LogP contribution in [-0.4, -0.2) is 43.7 Å². The van der Waals surface area contributed by atoms with Crippen LogP contribution < -0.4 is 15.5 Å². The highest BCUT2D eigenvalue weighted by Crippen LogP contribution is 2.18. The first kappa shape index (κ1) is 17.4. The first-order valence-corrected chi connectivity index (χ1v) is 8.53. The molecule has 6 nitrogen and oxygen atoms in total. The molecule has 0 radical (unpaired) electrons. The van der Waals surface area contributed by atoms with Gasteiger partial charge in [-0.3, -0.25) is 4.79 Å². The Bertz CT molecular complexity index is 687. The van der Waals surface area contributed by atoms with Crippen LogP contribution in [0.4, 0.5) is 5.82 Å². The summed E-state index contributed by atoms with van der Waals surface area (Å²) in [5.74, 6) is 0.780. The van der Waals surface area contributed by atoms with E-state index in [2.05, 4.69) is 32.7 Å². The van der Waals surface area contributed by atoms with E-state index in [1.54, 1.807) is 6.20 Å². The molecule has 2 heterocycles. The molecule has 1 aliphatic rings. The Morgan fingerprint density at radius 3 is 2.92 bits per heavy atom. The van der Waals surface area contributed by atoms with Crippen molar-refractivity contribution in [3.8, 4) is 0 Å². The number of benzene rings is 1. The summed E-state index contributed by atoms with van der Waals surface area (Å²) in [4.78, 5) is 18.8. The van der Waals surface area contributed by atoms with Crippen LogP contribution >= 0.6 is 0 Å². The van der Waals surface area contributed by atoms with Crippen LogP contribution in [0, 0.1) is 0 Å². The highest BCUT2D eigenvalue weighted by Gasteiger charge is 2.21. The van der Waals surface area contributed by atoms with Gasteiger partial charge in [-0.15, -0.1) is 0 Å². The van der Waals surface area contributed by atoms with Crippen LogP contribution in [0.3, 0.4) is 0 Å². The maximum absolute atomic E-state index is 12.2. The van der Waals surface area contributed by atoms with Gasteiger partial charge in [0.15, 0.2) is 0 Å². The van der Waals surface area contributed by atoms with Gasteiger partial charge >= 0.3 is 0 Å². The number of carbonyl (C=O) groups excluding carboxylic acids is 1. The molecule has 1 aliphatic heterocycles. The Morgan fingerprint density at radius 2 is 2.16 bits per heavy atom. The van der Waals surface area contributed by atoms with E-state index in [1.165, 1.54) is 5.56 Å². The van der Waals surface area contributed by atoms with Crippen LogP contribution in [-0.2, 0) is 22.6 Å². The number of nitrogens with one attached hydrogen (secondary N) is 2. The van der Waals surface area contributed by atoms with E-state index in [4.69, 9.17) is 4.74 Å². The summed E-state index contributed by atoms with van der Waals surface area (Å²) in [6.07, 6.45) is 1.35. The van der Waals surface area contributed by atoms with E-state index >= 15 is 0 Å². The Hall–Kier alpha value is -2.44. The number of morpholine rings is 1. The number of amides is 1. The molecule has 6 heteroatoms. The molecule has 0 aliphatic carbocycles. The number of nitrogens with zero attached hydrogens (tertiary/aromatic N) is 2. The third kappa shape index (κ3) is 4.78. The smallest absolute Gasteiger partial charge is 0.250 e. The average molecular weight is 340 g/mol. The fraction of sp³-hybridized carbons (Fsp3) is 0.368. The maximum atomic E-state index is 12.2. The van der Waals surface area contributed by atoms with Gasteiger partial charge in [-0.25, -0.2) is 4.98 Å². The zero-order chi connectivity index (χ0) is 17.5. The normalized spacial score (nSPS) is 17.1. The van der Waals surface area contributed by atoms with Gasteiger partial charge in [-0.05, 0) is 11.6 Å². The zero-order valence-electron chi connectivity index (χ0n) is 14.4. The molecule has 1 unspecified atom stereocenters. The predicted molar refractivity (Wildman–Crippen MR) is 97.2 cm³/mol. The number of hydrogen-bond donors (Lipinski definition) is 2. The lowest BCUT2D eigenvalue weighted by Gasteiger charge is -2.24. The molecule has 0 spiro atoms. The number of pyridine rings is 1. The summed E-state index contributed by atoms with van der Waals surface area (Å²) in [6.45, 7) is 3.10. The molecule has 2 N–H and O–H groups in total. The second kappa shape index (κ2) is 8.60. The molecular weight excluding hydrogens is 316 g/mol. The molecule has 1 atom stereocenters. The summed E-state index contributed by atoms with van der Waals surface area (Å²) < 4.78 is 5.48. The highest BCUT2D eigenvalue weighted by atomic mass is 16.5. The number of hydrogen-bond acceptors (Lipinski definition) is 5. The van der Waals surface area contributed by atoms with Crippen LogP contribution in [0.15, 0.2) is 48.7 Å². The van der Waals surface area contributed by atoms with Crippen LogP contribution in [0.1, 0.15) is 11.1 Å². The number of aromatic nitrogens is 1. The van der Waals surface area contributed by atoms with E-state index in [0.29, 0.717) is 19.7 Å². The van der Waals surface area contributed by atoms with E-state index in [1.807, 2.05) is 37.4 Å². The topological polar surface area (TPSA) is 66.5 Å². The van der Waals surface area contributed by atoms with Crippen molar-refractivity contribution in [3.63, 3.8) is 0 Å². The fourth-order valence-electron chi connectivity index (χ4n) is 2.87. The standard InChI is InChI=1S/C19H24N4O2/c1-23(14-15-6-3-2-4-7-15)18-16(8-5-9-21-18)12-22-19(24)17-13-20-10-11-25-17/h2-9,17,20H,10-14H2,1H3,(H,22,24). The Kier molecular flexibility index (Phi) is 5.98. The van der Waals surface area contributed by atoms with Crippen molar-refractivity contribution in [3.05, 3.63) is 59.8 Å². The highest BCUT2D eigenvalue weighted by molar-refractivity contribution is 5.81. The Labute approximate surface area is 148 Å². The van der Waals surface area contributed by atoms with E-state index < -0.39 is 6.10 Å². The predicted octanol–water partition coefficient (Wildman–Crippen LogP) is 1.32. The number of ether oxygens (including phenoxy) is 1. The first-order valence-electron chi connectivity index (χ1n) is 8.53. The van der Waals surface area contributed by atoms with Crippen molar-refractivity contribution in [2.24, 2.45) is 0 Å². The van der Waals surface area contributed by atoms with Gasteiger partial charge in [0.25, 0.3) is 5.91 Å². The summed E-state index contributed by atoms with van der Waals surface area (Å²) in [7, 11) is 2.01. The molecule has 1 fully saturated rings. The monoisotopic (exact) mass is 340 g/mol. The molecule has 25 heavy (non-hydrogen) atoms. The molecule has 132 valence electrons. The number of rotatable bonds is 6. The molecule has 1 amide bonds. The summed E-state index contributed by atoms with van der Waals surface area (Å²) in [6, 6.07) is 14.1. The van der Waals surface area contributed by atoms with E-state index in [-0.39, 0.29) is 5.91 Å². The lowest BCUT2D eigenvalue weighted by molar-refractivity contribution is -0.134. The quantitative estimate of drug-likeness (QED) is 0.830. The molecule has 1 aromatic carbocycles. The Morgan fingerprint density at radius 1 is 1.32 bits per heavy atom. The molecular formula is C19H24N4O2. The molecule has 2 aromatic rings. The van der Waals surface area contributed by atoms with Crippen molar-refractivity contribution < 1.29 is 9.53 Å². The molecule has 0 saturated carbocycles. The number of anilines is 1. The van der Waals surface area contributed by atoms with Crippen molar-refractivity contribution >= 4 is 11.7 Å². The minimum Gasteiger partial charge on any atom is -0.366 e. The number of carbonyl (C=O) groups is 1.